The minimum absolute atomic E-state index is 0.144. The summed E-state index contributed by atoms with van der Waals surface area (Å²) < 4.78 is 10.6. The molecule has 0 aliphatic carbocycles. The Kier molecular flexibility index (Phi) is 5.89. The van der Waals surface area contributed by atoms with Gasteiger partial charge in [0.25, 0.3) is 11.8 Å². The Bertz CT molecular complexity index is 966. The number of benzene rings is 2. The van der Waals surface area contributed by atoms with Gasteiger partial charge in [-0.25, -0.2) is 4.90 Å². The van der Waals surface area contributed by atoms with Crippen molar-refractivity contribution in [1.29, 1.82) is 0 Å². The quantitative estimate of drug-likeness (QED) is 0.723. The maximum Gasteiger partial charge on any atom is 0.282 e. The number of carbonyl (C=O) groups is 2. The van der Waals surface area contributed by atoms with Crippen molar-refractivity contribution in [2.45, 2.75) is 6.92 Å². The molecule has 0 saturated carbocycles. The van der Waals surface area contributed by atoms with Crippen LogP contribution in [-0.2, 0) is 9.59 Å². The van der Waals surface area contributed by atoms with E-state index in [-0.39, 0.29) is 18.8 Å². The molecule has 1 aliphatic heterocycles. The van der Waals surface area contributed by atoms with E-state index >= 15 is 0 Å². The number of nitrogens with zero attached hydrogens (tertiary/aromatic N) is 2. The number of hydrogen-bond acceptors (Lipinski definition) is 6. The van der Waals surface area contributed by atoms with Gasteiger partial charge in [0, 0.05) is 19.7 Å². The van der Waals surface area contributed by atoms with Gasteiger partial charge < -0.3 is 19.5 Å². The number of methoxy groups -OCH3 is 2. The van der Waals surface area contributed by atoms with Gasteiger partial charge in [0.1, 0.15) is 17.2 Å². The molecule has 1 heterocycles. The van der Waals surface area contributed by atoms with E-state index < -0.39 is 11.8 Å². The molecule has 0 saturated heterocycles. The van der Waals surface area contributed by atoms with Gasteiger partial charge in [-0.2, -0.15) is 0 Å². The Morgan fingerprint density at radius 3 is 2.28 bits per heavy atom. The van der Waals surface area contributed by atoms with Crippen molar-refractivity contribution >= 4 is 23.1 Å². The number of ether oxygens (including phenoxy) is 2. The summed E-state index contributed by atoms with van der Waals surface area (Å²) in [6, 6.07) is 12.3. The molecule has 0 spiro atoms. The van der Waals surface area contributed by atoms with E-state index in [4.69, 9.17) is 9.47 Å². The van der Waals surface area contributed by atoms with Crippen molar-refractivity contribution in [2.24, 2.45) is 0 Å². The Hall–Kier alpha value is -3.32. The zero-order valence-corrected chi connectivity index (χ0v) is 16.9. The number of aliphatic hydroxyl groups excluding tert-OH is 1. The number of aryl methyl sites for hydroxylation is 1. The van der Waals surface area contributed by atoms with Crippen LogP contribution in [0.3, 0.4) is 0 Å². The van der Waals surface area contributed by atoms with Crippen LogP contribution in [0.5, 0.6) is 11.5 Å². The molecule has 0 fully saturated rings. The summed E-state index contributed by atoms with van der Waals surface area (Å²) in [5.74, 6) is -0.0125. The van der Waals surface area contributed by atoms with E-state index in [9.17, 15) is 14.7 Å². The van der Waals surface area contributed by atoms with Gasteiger partial charge in [0.05, 0.1) is 32.1 Å². The summed E-state index contributed by atoms with van der Waals surface area (Å²) in [5, 5.41) is 9.36. The van der Waals surface area contributed by atoms with Crippen molar-refractivity contribution in [3.8, 4) is 11.5 Å². The predicted octanol–water partition coefficient (Wildman–Crippen LogP) is 2.22. The number of carbonyl (C=O) groups excluding carboxylic acids is 2. The number of rotatable bonds is 7. The summed E-state index contributed by atoms with van der Waals surface area (Å²) in [6.07, 6.45) is 0. The molecule has 152 valence electrons. The highest BCUT2D eigenvalue weighted by Gasteiger charge is 2.42. The van der Waals surface area contributed by atoms with Crippen molar-refractivity contribution in [3.63, 3.8) is 0 Å². The maximum absolute atomic E-state index is 13.4. The zero-order chi connectivity index (χ0) is 21.1. The first-order valence-corrected chi connectivity index (χ1v) is 9.17. The molecule has 2 amide bonds. The Morgan fingerprint density at radius 1 is 1.00 bits per heavy atom. The summed E-state index contributed by atoms with van der Waals surface area (Å²) >= 11 is 0. The highest BCUT2D eigenvalue weighted by atomic mass is 16.5. The average molecular weight is 396 g/mol. The standard InChI is InChI=1S/C22H24N2O5/c1-14-5-7-15(8-6-14)19-20(23(2)11-12-25)22(27)24(21(19)26)17-10-9-16(28-3)13-18(17)29-4/h5-10,13,25H,11-12H2,1-4H3. The van der Waals surface area contributed by atoms with Gasteiger partial charge in [-0.15, -0.1) is 0 Å². The monoisotopic (exact) mass is 396 g/mol. The fourth-order valence-electron chi connectivity index (χ4n) is 3.30. The van der Waals surface area contributed by atoms with Crippen LogP contribution in [-0.4, -0.2) is 56.2 Å². The number of imide groups is 1. The van der Waals surface area contributed by atoms with E-state index in [1.54, 1.807) is 30.1 Å². The minimum atomic E-state index is -0.468. The molecule has 0 unspecified atom stereocenters. The molecule has 0 aromatic heterocycles. The molecule has 1 N–H and O–H groups in total. The molecule has 3 rings (SSSR count). The van der Waals surface area contributed by atoms with Crippen molar-refractivity contribution in [2.75, 3.05) is 39.3 Å². The third-order valence-electron chi connectivity index (χ3n) is 4.84. The average Bonchev–Trinajstić information content (AvgIpc) is 2.98. The van der Waals surface area contributed by atoms with E-state index in [1.165, 1.54) is 14.2 Å². The normalized spacial score (nSPS) is 13.9. The van der Waals surface area contributed by atoms with Gasteiger partial charge >= 0.3 is 0 Å². The topological polar surface area (TPSA) is 79.3 Å². The van der Waals surface area contributed by atoms with Crippen LogP contribution in [0.2, 0.25) is 0 Å². The molecule has 0 atom stereocenters. The first kappa shape index (κ1) is 20.4. The Labute approximate surface area is 169 Å². The van der Waals surface area contributed by atoms with E-state index in [0.29, 0.717) is 28.3 Å². The molecular weight excluding hydrogens is 372 g/mol. The summed E-state index contributed by atoms with van der Waals surface area (Å²) in [4.78, 5) is 29.5. The SMILES string of the molecule is COc1ccc(N2C(=O)C(c3ccc(C)cc3)=C(N(C)CCO)C2=O)c(OC)c1. The summed E-state index contributed by atoms with van der Waals surface area (Å²) in [5.41, 5.74) is 2.56. The van der Waals surface area contributed by atoms with E-state index in [2.05, 4.69) is 0 Å². The Balaban J connectivity index is 2.14. The van der Waals surface area contributed by atoms with E-state index in [1.807, 2.05) is 31.2 Å². The lowest BCUT2D eigenvalue weighted by Crippen LogP contribution is -2.35. The zero-order valence-electron chi connectivity index (χ0n) is 16.9. The fraction of sp³-hybridized carbons (Fsp3) is 0.273. The molecule has 0 bridgehead atoms. The summed E-state index contributed by atoms with van der Waals surface area (Å²) in [6.45, 7) is 2.03. The number of anilines is 1. The molecule has 1 aliphatic rings. The Morgan fingerprint density at radius 2 is 1.69 bits per heavy atom. The first-order chi connectivity index (χ1) is 13.9. The van der Waals surface area contributed by atoms with Crippen LogP contribution < -0.4 is 14.4 Å². The molecule has 2 aromatic rings. The van der Waals surface area contributed by atoms with Crippen molar-refractivity contribution in [3.05, 3.63) is 59.3 Å². The van der Waals surface area contributed by atoms with Crippen LogP contribution >= 0.6 is 0 Å². The largest absolute Gasteiger partial charge is 0.497 e. The lowest BCUT2D eigenvalue weighted by Gasteiger charge is -2.21. The smallest absolute Gasteiger partial charge is 0.282 e. The third kappa shape index (κ3) is 3.69. The van der Waals surface area contributed by atoms with Gasteiger partial charge in [-0.05, 0) is 24.6 Å². The first-order valence-electron chi connectivity index (χ1n) is 9.17. The van der Waals surface area contributed by atoms with Crippen molar-refractivity contribution in [1.82, 2.24) is 4.90 Å². The predicted molar refractivity (Wildman–Crippen MR) is 110 cm³/mol. The van der Waals surface area contributed by atoms with Crippen LogP contribution in [0.15, 0.2) is 48.2 Å². The number of likely N-dealkylation sites (N-methyl/N-ethyl adjacent to an activating group) is 1. The van der Waals surface area contributed by atoms with Crippen LogP contribution in [0.4, 0.5) is 5.69 Å². The highest BCUT2D eigenvalue weighted by molar-refractivity contribution is 6.45. The lowest BCUT2D eigenvalue weighted by molar-refractivity contribution is -0.120. The van der Waals surface area contributed by atoms with Crippen LogP contribution in [0.1, 0.15) is 11.1 Å². The molecule has 0 radical (unpaired) electrons. The van der Waals surface area contributed by atoms with Gasteiger partial charge in [-0.3, -0.25) is 9.59 Å². The van der Waals surface area contributed by atoms with Gasteiger partial charge in [0.15, 0.2) is 0 Å². The summed E-state index contributed by atoms with van der Waals surface area (Å²) in [7, 11) is 4.68. The number of amides is 2. The van der Waals surface area contributed by atoms with Crippen LogP contribution in [0.25, 0.3) is 5.57 Å². The second kappa shape index (κ2) is 8.36. The maximum atomic E-state index is 13.4. The highest BCUT2D eigenvalue weighted by Crippen LogP contribution is 2.39. The third-order valence-corrected chi connectivity index (χ3v) is 4.84. The molecule has 7 heteroatoms. The molecular formula is C22H24N2O5. The van der Waals surface area contributed by atoms with Crippen LogP contribution in [0, 0.1) is 6.92 Å². The number of aliphatic hydroxyl groups is 1. The minimum Gasteiger partial charge on any atom is -0.497 e. The lowest BCUT2D eigenvalue weighted by atomic mass is 10.0. The van der Waals surface area contributed by atoms with Gasteiger partial charge in [-0.1, -0.05) is 29.8 Å². The number of hydrogen-bond donors (Lipinski definition) is 1. The second-order valence-corrected chi connectivity index (χ2v) is 6.72. The molecule has 29 heavy (non-hydrogen) atoms. The van der Waals surface area contributed by atoms with Gasteiger partial charge in [0.2, 0.25) is 0 Å². The van der Waals surface area contributed by atoms with Crippen molar-refractivity contribution < 1.29 is 24.2 Å². The molecule has 2 aromatic carbocycles. The van der Waals surface area contributed by atoms with E-state index in [0.717, 1.165) is 10.5 Å². The molecule has 7 nitrogen and oxygen atoms in total. The fourth-order valence-corrected chi connectivity index (χ4v) is 3.30. The second-order valence-electron chi connectivity index (χ2n) is 6.72.